The summed E-state index contributed by atoms with van der Waals surface area (Å²) in [5.74, 6) is -0.348. The van der Waals surface area contributed by atoms with Gasteiger partial charge in [-0.1, -0.05) is 24.4 Å². The van der Waals surface area contributed by atoms with E-state index >= 15 is 0 Å². The van der Waals surface area contributed by atoms with Crippen molar-refractivity contribution in [1.29, 1.82) is 0 Å². The zero-order valence-electron chi connectivity index (χ0n) is 10.5. The van der Waals surface area contributed by atoms with E-state index in [1.807, 2.05) is 0 Å². The lowest BCUT2D eigenvalue weighted by atomic mass is 9.88. The van der Waals surface area contributed by atoms with Crippen molar-refractivity contribution in [3.63, 3.8) is 0 Å². The fourth-order valence-corrected chi connectivity index (χ4v) is 2.89. The monoisotopic (exact) mass is 293 g/mol. The van der Waals surface area contributed by atoms with Crippen molar-refractivity contribution in [3.8, 4) is 5.75 Å². The molecule has 0 unspecified atom stereocenters. The van der Waals surface area contributed by atoms with Crippen molar-refractivity contribution < 1.29 is 17.9 Å². The van der Waals surface area contributed by atoms with E-state index in [1.165, 1.54) is 13.2 Å². The van der Waals surface area contributed by atoms with E-state index in [4.69, 9.17) is 22.1 Å². The van der Waals surface area contributed by atoms with Gasteiger partial charge in [0.2, 0.25) is 0 Å². The molecule has 106 valence electrons. The summed E-state index contributed by atoms with van der Waals surface area (Å²) in [6.45, 7) is 0. The molecule has 2 N–H and O–H groups in total. The number of ether oxygens (including phenoxy) is 1. The summed E-state index contributed by atoms with van der Waals surface area (Å²) in [6.07, 6.45) is -1.33. The molecule has 0 spiro atoms. The predicted molar refractivity (Wildman–Crippen MR) is 67.3 cm³/mol. The molecule has 19 heavy (non-hydrogen) atoms. The average molecular weight is 294 g/mol. The van der Waals surface area contributed by atoms with Crippen LogP contribution < -0.4 is 10.5 Å². The Morgan fingerprint density at radius 2 is 1.84 bits per heavy atom. The number of benzene rings is 1. The summed E-state index contributed by atoms with van der Waals surface area (Å²) < 4.78 is 43.8. The van der Waals surface area contributed by atoms with E-state index in [2.05, 4.69) is 0 Å². The molecule has 6 heteroatoms. The van der Waals surface area contributed by atoms with E-state index < -0.39 is 17.3 Å². The summed E-state index contributed by atoms with van der Waals surface area (Å²) in [4.78, 5) is 0. The van der Waals surface area contributed by atoms with Crippen LogP contribution in [0.15, 0.2) is 12.1 Å². The van der Waals surface area contributed by atoms with Gasteiger partial charge >= 0.3 is 6.18 Å². The molecule has 0 atom stereocenters. The van der Waals surface area contributed by atoms with E-state index in [-0.39, 0.29) is 10.8 Å². The number of halogens is 4. The highest BCUT2D eigenvalue weighted by Gasteiger charge is 2.39. The largest absolute Gasteiger partial charge is 0.495 e. The molecule has 2 nitrogen and oxygen atoms in total. The van der Waals surface area contributed by atoms with Crippen molar-refractivity contribution in [2.45, 2.75) is 37.4 Å². The molecule has 0 radical (unpaired) electrons. The van der Waals surface area contributed by atoms with Crippen LogP contribution in [-0.4, -0.2) is 7.11 Å². The van der Waals surface area contributed by atoms with Gasteiger partial charge in [0.25, 0.3) is 0 Å². The predicted octanol–water partition coefficient (Wildman–Crippen LogP) is 4.10. The Hall–Kier alpha value is -0.940. The average Bonchev–Trinajstić information content (AvgIpc) is 2.75. The number of alkyl halides is 3. The van der Waals surface area contributed by atoms with E-state index in [9.17, 15) is 13.2 Å². The van der Waals surface area contributed by atoms with Gasteiger partial charge in [-0.15, -0.1) is 0 Å². The Labute approximate surface area is 114 Å². The third-order valence-electron chi connectivity index (χ3n) is 3.62. The molecule has 0 saturated heterocycles. The minimum absolute atomic E-state index is 0.0518. The number of hydrogen-bond donors (Lipinski definition) is 1. The standard InChI is InChI=1S/C13H15ClF3NO/c1-19-11-9(13(15,16)17)6-8(7-10(11)14)12(18)4-2-3-5-12/h6-7H,2-5,18H2,1H3. The molecule has 0 aliphatic heterocycles. The fourth-order valence-electron chi connectivity index (χ4n) is 2.59. The second kappa shape index (κ2) is 4.87. The van der Waals surface area contributed by atoms with Gasteiger partial charge in [0.1, 0.15) is 5.75 Å². The van der Waals surface area contributed by atoms with Crippen LogP contribution in [-0.2, 0) is 11.7 Å². The first-order chi connectivity index (χ1) is 8.78. The summed E-state index contributed by atoms with van der Waals surface area (Å²) in [6, 6.07) is 2.55. The molecular weight excluding hydrogens is 279 g/mol. The molecule has 1 aliphatic carbocycles. The molecule has 0 bridgehead atoms. The summed E-state index contributed by atoms with van der Waals surface area (Å²) >= 11 is 5.90. The molecule has 1 aliphatic rings. The Bertz CT molecular complexity index is 482. The van der Waals surface area contributed by atoms with Gasteiger partial charge in [0.15, 0.2) is 0 Å². The Kier molecular flexibility index (Phi) is 3.71. The smallest absolute Gasteiger partial charge is 0.420 e. The van der Waals surface area contributed by atoms with Crippen LogP contribution in [0.5, 0.6) is 5.75 Å². The van der Waals surface area contributed by atoms with Crippen LogP contribution in [0.4, 0.5) is 13.2 Å². The normalized spacial score (nSPS) is 18.6. The number of methoxy groups -OCH3 is 1. The molecule has 2 rings (SSSR count). The lowest BCUT2D eigenvalue weighted by molar-refractivity contribution is -0.138. The van der Waals surface area contributed by atoms with E-state index in [0.717, 1.165) is 18.9 Å². The molecule has 0 amide bonds. The summed E-state index contributed by atoms with van der Waals surface area (Å²) in [7, 11) is 1.17. The Balaban J connectivity index is 2.57. The molecule has 1 saturated carbocycles. The second-order valence-electron chi connectivity index (χ2n) is 4.90. The highest BCUT2D eigenvalue weighted by atomic mass is 35.5. The molecule has 0 heterocycles. The maximum atomic E-state index is 13.0. The highest BCUT2D eigenvalue weighted by molar-refractivity contribution is 6.32. The molecular formula is C13H15ClF3NO. The molecule has 0 aromatic heterocycles. The minimum atomic E-state index is -4.51. The number of rotatable bonds is 2. The first-order valence-electron chi connectivity index (χ1n) is 6.02. The van der Waals surface area contributed by atoms with Gasteiger partial charge in [-0.3, -0.25) is 0 Å². The SMILES string of the molecule is COc1c(Cl)cc(C2(N)CCCC2)cc1C(F)(F)F. The number of nitrogens with two attached hydrogens (primary N) is 1. The van der Waals surface area contributed by atoms with Gasteiger partial charge in [0, 0.05) is 5.54 Å². The van der Waals surface area contributed by atoms with Crippen molar-refractivity contribution in [2.24, 2.45) is 5.73 Å². The third kappa shape index (κ3) is 2.67. The quantitative estimate of drug-likeness (QED) is 0.891. The first-order valence-corrected chi connectivity index (χ1v) is 6.40. The minimum Gasteiger partial charge on any atom is -0.495 e. The van der Waals surface area contributed by atoms with Gasteiger partial charge < -0.3 is 10.5 Å². The lowest BCUT2D eigenvalue weighted by Gasteiger charge is -2.26. The van der Waals surface area contributed by atoms with Crippen molar-refractivity contribution in [2.75, 3.05) is 7.11 Å². The zero-order valence-corrected chi connectivity index (χ0v) is 11.2. The first kappa shape index (κ1) is 14.5. The van der Waals surface area contributed by atoms with Crippen LogP contribution in [0.1, 0.15) is 36.8 Å². The second-order valence-corrected chi connectivity index (χ2v) is 5.31. The highest BCUT2D eigenvalue weighted by Crippen LogP contribution is 2.45. The van der Waals surface area contributed by atoms with E-state index in [0.29, 0.717) is 18.4 Å². The zero-order chi connectivity index (χ0) is 14.3. The third-order valence-corrected chi connectivity index (χ3v) is 3.90. The van der Waals surface area contributed by atoms with Crippen LogP contribution in [0, 0.1) is 0 Å². The van der Waals surface area contributed by atoms with Crippen LogP contribution >= 0.6 is 11.6 Å². The van der Waals surface area contributed by atoms with Crippen molar-refractivity contribution in [3.05, 3.63) is 28.3 Å². The fraction of sp³-hybridized carbons (Fsp3) is 0.538. The van der Waals surface area contributed by atoms with Gasteiger partial charge in [-0.05, 0) is 30.5 Å². The van der Waals surface area contributed by atoms with Crippen LogP contribution in [0.3, 0.4) is 0 Å². The Morgan fingerprint density at radius 1 is 1.26 bits per heavy atom. The van der Waals surface area contributed by atoms with E-state index in [1.54, 1.807) is 0 Å². The Morgan fingerprint density at radius 3 is 2.32 bits per heavy atom. The number of hydrogen-bond acceptors (Lipinski definition) is 2. The van der Waals surface area contributed by atoms with Crippen LogP contribution in [0.25, 0.3) is 0 Å². The summed E-state index contributed by atoms with van der Waals surface area (Å²) in [5, 5.41) is -0.0518. The van der Waals surface area contributed by atoms with Gasteiger partial charge in [-0.25, -0.2) is 0 Å². The maximum Gasteiger partial charge on any atom is 0.420 e. The topological polar surface area (TPSA) is 35.2 Å². The molecule has 1 aromatic rings. The molecule has 1 aromatic carbocycles. The molecule has 1 fully saturated rings. The van der Waals surface area contributed by atoms with Crippen molar-refractivity contribution in [1.82, 2.24) is 0 Å². The lowest BCUT2D eigenvalue weighted by Crippen LogP contribution is -2.33. The van der Waals surface area contributed by atoms with Gasteiger partial charge in [0.05, 0.1) is 17.7 Å². The van der Waals surface area contributed by atoms with Crippen molar-refractivity contribution >= 4 is 11.6 Å². The van der Waals surface area contributed by atoms with Gasteiger partial charge in [-0.2, -0.15) is 13.2 Å². The van der Waals surface area contributed by atoms with Crippen LogP contribution in [0.2, 0.25) is 5.02 Å². The summed E-state index contributed by atoms with van der Waals surface area (Å²) in [5.41, 5.74) is 5.04. The maximum absolute atomic E-state index is 13.0.